The lowest BCUT2D eigenvalue weighted by Crippen LogP contribution is -2.04. The number of rotatable bonds is 5. The molecule has 0 saturated carbocycles. The van der Waals surface area contributed by atoms with Crippen LogP contribution in [0.2, 0.25) is 0 Å². The van der Waals surface area contributed by atoms with Gasteiger partial charge in [-0.25, -0.2) is 4.79 Å². The second-order valence-electron chi connectivity index (χ2n) is 4.14. The molecule has 4 heteroatoms. The average molecular weight is 248 g/mol. The van der Waals surface area contributed by atoms with E-state index in [1.807, 2.05) is 13.8 Å². The zero-order chi connectivity index (χ0) is 13.7. The van der Waals surface area contributed by atoms with Gasteiger partial charge in [0.15, 0.2) is 5.78 Å². The molecule has 0 amide bonds. The summed E-state index contributed by atoms with van der Waals surface area (Å²) < 4.78 is 5.11. The zero-order valence-corrected chi connectivity index (χ0v) is 10.6. The Labute approximate surface area is 106 Å². The van der Waals surface area contributed by atoms with Crippen molar-refractivity contribution < 1.29 is 19.4 Å². The van der Waals surface area contributed by atoms with Gasteiger partial charge in [0.1, 0.15) is 5.75 Å². The molecule has 0 fully saturated rings. The van der Waals surface area contributed by atoms with E-state index in [-0.39, 0.29) is 11.7 Å². The van der Waals surface area contributed by atoms with Gasteiger partial charge in [0, 0.05) is 11.6 Å². The fourth-order valence-corrected chi connectivity index (χ4v) is 1.61. The van der Waals surface area contributed by atoms with Gasteiger partial charge < -0.3 is 9.84 Å². The van der Waals surface area contributed by atoms with Gasteiger partial charge in [-0.1, -0.05) is 13.8 Å². The Morgan fingerprint density at radius 1 is 1.28 bits per heavy atom. The maximum absolute atomic E-state index is 11.9. The first-order valence-electron chi connectivity index (χ1n) is 5.59. The van der Waals surface area contributed by atoms with Gasteiger partial charge in [-0.2, -0.15) is 0 Å². The van der Waals surface area contributed by atoms with E-state index in [2.05, 4.69) is 0 Å². The van der Waals surface area contributed by atoms with Crippen LogP contribution in [0.1, 0.15) is 35.7 Å². The van der Waals surface area contributed by atoms with Crippen LogP contribution >= 0.6 is 0 Å². The third kappa shape index (κ3) is 3.45. The molecule has 96 valence electrons. The van der Waals surface area contributed by atoms with Crippen molar-refractivity contribution in [2.45, 2.75) is 19.8 Å². The van der Waals surface area contributed by atoms with E-state index < -0.39 is 5.97 Å². The van der Waals surface area contributed by atoms with Crippen molar-refractivity contribution in [1.29, 1.82) is 0 Å². The van der Waals surface area contributed by atoms with E-state index in [4.69, 9.17) is 9.84 Å². The molecule has 0 bridgehead atoms. The van der Waals surface area contributed by atoms with Gasteiger partial charge in [-0.3, -0.25) is 4.79 Å². The highest BCUT2D eigenvalue weighted by molar-refractivity contribution is 6.07. The predicted octanol–water partition coefficient (Wildman–Crippen LogP) is 2.64. The van der Waals surface area contributed by atoms with Gasteiger partial charge in [0.2, 0.25) is 0 Å². The Hall–Kier alpha value is -2.10. The van der Waals surface area contributed by atoms with Crippen LogP contribution in [0.15, 0.2) is 30.4 Å². The number of methoxy groups -OCH3 is 1. The summed E-state index contributed by atoms with van der Waals surface area (Å²) in [5, 5.41) is 8.51. The van der Waals surface area contributed by atoms with Crippen LogP contribution < -0.4 is 4.74 Å². The average Bonchev–Trinajstić information content (AvgIpc) is 2.34. The highest BCUT2D eigenvalue weighted by Crippen LogP contribution is 2.25. The molecule has 1 aromatic carbocycles. The molecule has 0 saturated heterocycles. The molecule has 0 radical (unpaired) electrons. The number of ether oxygens (including phenoxy) is 1. The van der Waals surface area contributed by atoms with Crippen LogP contribution in [0, 0.1) is 0 Å². The molecule has 1 N–H and O–H groups in total. The van der Waals surface area contributed by atoms with E-state index in [1.165, 1.54) is 0 Å². The van der Waals surface area contributed by atoms with Crippen LogP contribution in [0.5, 0.6) is 5.75 Å². The number of carboxylic acids is 1. The lowest BCUT2D eigenvalue weighted by atomic mass is 9.94. The third-order valence-electron chi connectivity index (χ3n) is 2.52. The SMILES string of the molecule is COc1ccc(C(=O)/C=C/C(=O)O)c(C(C)C)c1. The molecule has 0 aliphatic heterocycles. The minimum atomic E-state index is -1.14. The summed E-state index contributed by atoms with van der Waals surface area (Å²) in [4.78, 5) is 22.3. The van der Waals surface area contributed by atoms with E-state index in [0.29, 0.717) is 11.3 Å². The van der Waals surface area contributed by atoms with Crippen LogP contribution in [0.25, 0.3) is 0 Å². The maximum atomic E-state index is 11.9. The lowest BCUT2D eigenvalue weighted by Gasteiger charge is -2.12. The molecule has 1 aromatic rings. The molecular weight excluding hydrogens is 232 g/mol. The normalized spacial score (nSPS) is 10.9. The maximum Gasteiger partial charge on any atom is 0.328 e. The summed E-state index contributed by atoms with van der Waals surface area (Å²) in [7, 11) is 1.56. The number of allylic oxidation sites excluding steroid dienone is 1. The van der Waals surface area contributed by atoms with E-state index in [0.717, 1.165) is 17.7 Å². The molecule has 0 spiro atoms. The minimum absolute atomic E-state index is 0.150. The topological polar surface area (TPSA) is 63.6 Å². The number of aliphatic carboxylic acids is 1. The van der Waals surface area contributed by atoms with Gasteiger partial charge in [-0.15, -0.1) is 0 Å². The number of carbonyl (C=O) groups excluding carboxylic acids is 1. The Morgan fingerprint density at radius 3 is 2.44 bits per heavy atom. The lowest BCUT2D eigenvalue weighted by molar-refractivity contribution is -0.131. The van der Waals surface area contributed by atoms with Gasteiger partial charge in [0.05, 0.1) is 7.11 Å². The van der Waals surface area contributed by atoms with Gasteiger partial charge in [0.25, 0.3) is 0 Å². The summed E-state index contributed by atoms with van der Waals surface area (Å²) in [5.41, 5.74) is 1.35. The second-order valence-corrected chi connectivity index (χ2v) is 4.14. The molecule has 0 unspecified atom stereocenters. The Bertz CT molecular complexity index is 487. The number of hydrogen-bond acceptors (Lipinski definition) is 3. The Kier molecular flexibility index (Phi) is 4.66. The standard InChI is InChI=1S/C14H16O4/c1-9(2)12-8-10(18-3)4-5-11(12)13(15)6-7-14(16)17/h4-9H,1-3H3,(H,16,17)/b7-6+. The highest BCUT2D eigenvalue weighted by Gasteiger charge is 2.13. The van der Waals surface area contributed by atoms with Gasteiger partial charge >= 0.3 is 5.97 Å². The van der Waals surface area contributed by atoms with Crippen molar-refractivity contribution in [3.63, 3.8) is 0 Å². The monoisotopic (exact) mass is 248 g/mol. The van der Waals surface area contributed by atoms with Crippen molar-refractivity contribution >= 4 is 11.8 Å². The number of carboxylic acid groups (broad SMARTS) is 1. The Balaban J connectivity index is 3.15. The summed E-state index contributed by atoms with van der Waals surface area (Å²) >= 11 is 0. The third-order valence-corrected chi connectivity index (χ3v) is 2.52. The van der Waals surface area contributed by atoms with Crippen molar-refractivity contribution in [1.82, 2.24) is 0 Å². The zero-order valence-electron chi connectivity index (χ0n) is 10.6. The first-order valence-corrected chi connectivity index (χ1v) is 5.59. The van der Waals surface area contributed by atoms with Gasteiger partial charge in [-0.05, 0) is 35.8 Å². The molecule has 0 atom stereocenters. The second kappa shape index (κ2) is 6.00. The molecular formula is C14H16O4. The Morgan fingerprint density at radius 2 is 1.94 bits per heavy atom. The summed E-state index contributed by atoms with van der Waals surface area (Å²) in [6, 6.07) is 5.14. The molecule has 1 rings (SSSR count). The number of hydrogen-bond donors (Lipinski definition) is 1. The van der Waals surface area contributed by atoms with E-state index in [9.17, 15) is 9.59 Å². The van der Waals surface area contributed by atoms with Crippen molar-refractivity contribution in [2.24, 2.45) is 0 Å². The van der Waals surface area contributed by atoms with E-state index in [1.54, 1.807) is 25.3 Å². The first kappa shape index (κ1) is 14.0. The summed E-state index contributed by atoms with van der Waals surface area (Å²) in [5.74, 6) is -0.624. The van der Waals surface area contributed by atoms with Crippen LogP contribution in [-0.4, -0.2) is 24.0 Å². The summed E-state index contributed by atoms with van der Waals surface area (Å²) in [6.45, 7) is 3.93. The summed E-state index contributed by atoms with van der Waals surface area (Å²) in [6.07, 6.45) is 1.91. The quantitative estimate of drug-likeness (QED) is 0.642. The number of ketones is 1. The molecule has 0 aliphatic carbocycles. The smallest absolute Gasteiger partial charge is 0.328 e. The molecule has 18 heavy (non-hydrogen) atoms. The van der Waals surface area contributed by atoms with Crippen molar-refractivity contribution in [2.75, 3.05) is 7.11 Å². The van der Waals surface area contributed by atoms with Crippen molar-refractivity contribution in [3.8, 4) is 5.75 Å². The number of benzene rings is 1. The highest BCUT2D eigenvalue weighted by atomic mass is 16.5. The molecule has 0 heterocycles. The van der Waals surface area contributed by atoms with E-state index >= 15 is 0 Å². The van der Waals surface area contributed by atoms with Crippen LogP contribution in [0.4, 0.5) is 0 Å². The molecule has 0 aliphatic rings. The minimum Gasteiger partial charge on any atom is -0.497 e. The number of carbonyl (C=O) groups is 2. The van der Waals surface area contributed by atoms with Crippen molar-refractivity contribution in [3.05, 3.63) is 41.5 Å². The largest absolute Gasteiger partial charge is 0.497 e. The molecule has 4 nitrogen and oxygen atoms in total. The predicted molar refractivity (Wildman–Crippen MR) is 68.2 cm³/mol. The fourth-order valence-electron chi connectivity index (χ4n) is 1.61. The van der Waals surface area contributed by atoms with Crippen LogP contribution in [-0.2, 0) is 4.79 Å². The first-order chi connectivity index (χ1) is 8.45. The molecule has 0 aromatic heterocycles. The van der Waals surface area contributed by atoms with Crippen LogP contribution in [0.3, 0.4) is 0 Å². The fraction of sp³-hybridized carbons (Fsp3) is 0.286.